The minimum atomic E-state index is 0. The molecule has 4 rings (SSSR count). The van der Waals surface area contributed by atoms with Gasteiger partial charge < -0.3 is 24.3 Å². The summed E-state index contributed by atoms with van der Waals surface area (Å²) in [7, 11) is 6.50. The summed E-state index contributed by atoms with van der Waals surface area (Å²) in [5.41, 5.74) is 0. The Hall–Kier alpha value is -2.10. The molecule has 4 aromatic rings. The van der Waals surface area contributed by atoms with Crippen LogP contribution >= 0.6 is 0 Å². The molecule has 0 saturated heterocycles. The monoisotopic (exact) mass is 718 g/mol. The van der Waals surface area contributed by atoms with Gasteiger partial charge in [-0.3, -0.25) is 0 Å². The van der Waals surface area contributed by atoms with E-state index in [1.165, 1.54) is 6.42 Å². The minimum absolute atomic E-state index is 0. The fourth-order valence-electron chi connectivity index (χ4n) is 1.54. The Labute approximate surface area is 318 Å². The summed E-state index contributed by atoms with van der Waals surface area (Å²) in [4.78, 5) is 0. The van der Waals surface area contributed by atoms with Gasteiger partial charge in [-0.2, -0.15) is 0 Å². The van der Waals surface area contributed by atoms with Crippen LogP contribution in [0.15, 0.2) is 146 Å². The number of ether oxygens (including phenoxy) is 2. The first-order valence-electron chi connectivity index (χ1n) is 16.0. The van der Waals surface area contributed by atoms with Crippen LogP contribution in [0, 0.1) is 14.9 Å². The molecule has 0 heterocycles. The molecule has 0 unspecified atom stereocenters. The molecule has 1 radical (unpaired) electrons. The largest absolute Gasteiger partial charge is 0.388 e. The second-order valence-electron chi connectivity index (χ2n) is 6.14. The number of benzene rings is 4. The maximum absolute atomic E-state index is 4.25. The number of hydrogen-bond acceptors (Lipinski definition) is 2. The number of rotatable bonds is 0. The molecule has 269 valence electrons. The fraction of sp³-hybridized carbons (Fsp3) is 0.395. The molecule has 0 atom stereocenters. The summed E-state index contributed by atoms with van der Waals surface area (Å²) >= 11 is 0. The first-order chi connectivity index (χ1) is 21.2. The van der Waals surface area contributed by atoms with Crippen molar-refractivity contribution in [2.24, 2.45) is 0 Å². The molecule has 0 aliphatic carbocycles. The molecule has 0 amide bonds. The third-order valence-electron chi connectivity index (χ3n) is 2.67. The van der Waals surface area contributed by atoms with Crippen molar-refractivity contribution in [1.29, 1.82) is 0 Å². The van der Waals surface area contributed by atoms with Gasteiger partial charge in [0.15, 0.2) is 0 Å². The third-order valence-corrected chi connectivity index (χ3v) is 2.67. The van der Waals surface area contributed by atoms with Gasteiger partial charge >= 0.3 is 0 Å². The molecule has 4 aromatic carbocycles. The summed E-state index contributed by atoms with van der Waals surface area (Å²) in [6, 6.07) is 48.0. The first-order valence-corrected chi connectivity index (χ1v) is 16.0. The zero-order valence-corrected chi connectivity index (χ0v) is 36.8. The zero-order valence-electron chi connectivity index (χ0n) is 34.0. The van der Waals surface area contributed by atoms with Crippen molar-refractivity contribution >= 4 is 0 Å². The summed E-state index contributed by atoms with van der Waals surface area (Å²) in [5.74, 6) is 0. The van der Waals surface area contributed by atoms with Crippen molar-refractivity contribution in [3.63, 3.8) is 0 Å². The van der Waals surface area contributed by atoms with Gasteiger partial charge in [-0.25, -0.2) is 0 Å². The Morgan fingerprint density at radius 2 is 0.283 bits per heavy atom. The Balaban J connectivity index is -0.0000000332. The Morgan fingerprint density at radius 3 is 0.304 bits per heavy atom. The molecule has 0 saturated carbocycles. The Bertz CT molecular complexity index is 473. The van der Waals surface area contributed by atoms with Crippen LogP contribution < -0.4 is 0 Å². The topological polar surface area (TPSA) is 18.5 Å². The Kier molecular flexibility index (Phi) is 197. The van der Waals surface area contributed by atoms with E-state index in [-0.39, 0.29) is 47.6 Å². The van der Waals surface area contributed by atoms with Gasteiger partial charge in [0, 0.05) is 61.1 Å². The Morgan fingerprint density at radius 1 is 0.261 bits per heavy atom. The van der Waals surface area contributed by atoms with E-state index < -0.39 is 0 Å². The van der Waals surface area contributed by atoms with E-state index in [0.717, 1.165) is 0 Å². The van der Waals surface area contributed by atoms with E-state index in [1.54, 1.807) is 28.4 Å². The summed E-state index contributed by atoms with van der Waals surface area (Å²) in [6.45, 7) is 24.2. The average Bonchev–Trinajstić information content (AvgIpc) is 3.14. The second kappa shape index (κ2) is 121. The predicted molar refractivity (Wildman–Crippen MR) is 217 cm³/mol. The van der Waals surface area contributed by atoms with Crippen molar-refractivity contribution in [2.75, 3.05) is 28.4 Å². The van der Waals surface area contributed by atoms with Crippen LogP contribution in [-0.4, -0.2) is 28.4 Å². The molecule has 0 bridgehead atoms. The molecule has 46 heavy (non-hydrogen) atoms. The van der Waals surface area contributed by atoms with E-state index in [0.29, 0.717) is 0 Å². The molecule has 3 heteroatoms. The second-order valence-corrected chi connectivity index (χ2v) is 6.14. The predicted octanol–water partition coefficient (Wildman–Crippen LogP) is 14.7. The van der Waals surface area contributed by atoms with Gasteiger partial charge in [0.1, 0.15) is 0 Å². The molecule has 0 N–H and O–H groups in total. The SMILES string of the molecule is CC.CC.CC.CC.CC.CCC.COC.COC.[CH3-].[CH3-].[Y].c1ccccc1.c1ccccc1.c1ccccc1.c1ccccc1. The molecule has 0 aromatic heterocycles. The van der Waals surface area contributed by atoms with Crippen LogP contribution in [0.4, 0.5) is 0 Å². The van der Waals surface area contributed by atoms with Crippen LogP contribution in [-0.2, 0) is 42.2 Å². The van der Waals surface area contributed by atoms with Gasteiger partial charge in [-0.05, 0) is 0 Å². The van der Waals surface area contributed by atoms with E-state index in [9.17, 15) is 0 Å². The molecule has 0 spiro atoms. The van der Waals surface area contributed by atoms with Gasteiger partial charge in [-0.1, -0.05) is 235 Å². The number of methoxy groups -OCH3 is 2. The van der Waals surface area contributed by atoms with Crippen LogP contribution in [0.3, 0.4) is 0 Å². The standard InChI is InChI=1S/4C6H6.C3H8.2C2H6O.5C2H6.2CH3.Y/c4*1-2-4-6-5-3-1;3*1-3-2;5*1-2;;;/h4*1-6H;3H2,1-2H3;2*1-2H3;5*1-2H3;2*1H3;/q;;;;;;;;;;;;2*-1;. The van der Waals surface area contributed by atoms with Crippen molar-refractivity contribution in [3.05, 3.63) is 160 Å². The summed E-state index contributed by atoms with van der Waals surface area (Å²) in [5, 5.41) is 0. The van der Waals surface area contributed by atoms with Gasteiger partial charge in [-0.15, -0.1) is 0 Å². The van der Waals surface area contributed by atoms with Crippen molar-refractivity contribution in [3.8, 4) is 0 Å². The first kappa shape index (κ1) is 74.6. The van der Waals surface area contributed by atoms with Crippen molar-refractivity contribution < 1.29 is 42.2 Å². The zero-order chi connectivity index (χ0) is 35.1. The van der Waals surface area contributed by atoms with Gasteiger partial charge in [0.25, 0.3) is 0 Å². The average molecular weight is 718 g/mol. The van der Waals surface area contributed by atoms with E-state index >= 15 is 0 Å². The van der Waals surface area contributed by atoms with Gasteiger partial charge in [0.05, 0.1) is 0 Å². The van der Waals surface area contributed by atoms with Crippen molar-refractivity contribution in [1.82, 2.24) is 0 Å². The molecular formula is C43H80O2Y-2. The molecular weight excluding hydrogens is 637 g/mol. The van der Waals surface area contributed by atoms with Crippen LogP contribution in [0.1, 0.15) is 89.5 Å². The minimum Gasteiger partial charge on any atom is -0.388 e. The third kappa shape index (κ3) is 146. The summed E-state index contributed by atoms with van der Waals surface area (Å²) in [6.07, 6.45) is 1.25. The summed E-state index contributed by atoms with van der Waals surface area (Å²) < 4.78 is 8.50. The molecule has 0 aliphatic heterocycles. The molecule has 0 fully saturated rings. The molecule has 0 aliphatic rings. The van der Waals surface area contributed by atoms with Crippen LogP contribution in [0.25, 0.3) is 0 Å². The van der Waals surface area contributed by atoms with E-state index in [2.05, 4.69) is 23.3 Å². The normalized spacial score (nSPS) is 6.00. The number of hydrogen-bond donors (Lipinski definition) is 0. The smallest absolute Gasteiger partial charge is 0.0351 e. The van der Waals surface area contributed by atoms with E-state index in [1.807, 2.05) is 215 Å². The van der Waals surface area contributed by atoms with Crippen molar-refractivity contribution in [2.45, 2.75) is 89.5 Å². The molecule has 2 nitrogen and oxygen atoms in total. The maximum Gasteiger partial charge on any atom is 0.0351 e. The van der Waals surface area contributed by atoms with E-state index in [4.69, 9.17) is 0 Å². The van der Waals surface area contributed by atoms with Crippen LogP contribution in [0.2, 0.25) is 0 Å². The quantitative estimate of drug-likeness (QED) is 0.169. The van der Waals surface area contributed by atoms with Crippen LogP contribution in [0.5, 0.6) is 0 Å². The van der Waals surface area contributed by atoms with Gasteiger partial charge in [0.2, 0.25) is 0 Å². The maximum atomic E-state index is 4.25. The fourth-order valence-corrected chi connectivity index (χ4v) is 1.54.